The molecule has 0 fully saturated rings. The SMILES string of the molecule is CC1(C)Cc2cccc(OCC(=O)OCC(=O)c3ccc(Br)cc3)c2O1. The van der Waals surface area contributed by atoms with Gasteiger partial charge in [0.05, 0.1) is 0 Å². The van der Waals surface area contributed by atoms with Gasteiger partial charge in [-0.15, -0.1) is 0 Å². The van der Waals surface area contributed by atoms with E-state index in [2.05, 4.69) is 15.9 Å². The van der Waals surface area contributed by atoms with Gasteiger partial charge in [0.15, 0.2) is 30.5 Å². The van der Waals surface area contributed by atoms with Gasteiger partial charge in [-0.2, -0.15) is 0 Å². The first-order chi connectivity index (χ1) is 12.3. The number of hydrogen-bond donors (Lipinski definition) is 0. The predicted octanol–water partition coefficient (Wildman–Crippen LogP) is 3.97. The smallest absolute Gasteiger partial charge is 0.344 e. The van der Waals surface area contributed by atoms with Crippen molar-refractivity contribution < 1.29 is 23.8 Å². The van der Waals surface area contributed by atoms with Crippen LogP contribution in [-0.2, 0) is 16.0 Å². The molecule has 0 aromatic heterocycles. The second-order valence-corrected chi connectivity index (χ2v) is 7.58. The third kappa shape index (κ3) is 4.43. The Morgan fingerprint density at radius 1 is 1.12 bits per heavy atom. The molecule has 0 bridgehead atoms. The first kappa shape index (κ1) is 18.5. The number of benzene rings is 2. The largest absolute Gasteiger partial charge is 0.483 e. The predicted molar refractivity (Wildman–Crippen MR) is 99.8 cm³/mol. The van der Waals surface area contributed by atoms with E-state index in [0.717, 1.165) is 16.5 Å². The van der Waals surface area contributed by atoms with Crippen LogP contribution in [0.15, 0.2) is 46.9 Å². The van der Waals surface area contributed by atoms with E-state index < -0.39 is 5.97 Å². The van der Waals surface area contributed by atoms with Gasteiger partial charge < -0.3 is 14.2 Å². The molecule has 136 valence electrons. The molecule has 3 rings (SSSR count). The standard InChI is InChI=1S/C20H19BrO5/c1-20(2)10-14-4-3-5-17(19(14)26-20)24-12-18(23)25-11-16(22)13-6-8-15(21)9-7-13/h3-9H,10-12H2,1-2H3. The fraction of sp³-hybridized carbons (Fsp3) is 0.300. The van der Waals surface area contributed by atoms with Crippen molar-refractivity contribution in [1.82, 2.24) is 0 Å². The molecule has 0 unspecified atom stereocenters. The van der Waals surface area contributed by atoms with E-state index in [0.29, 0.717) is 17.1 Å². The van der Waals surface area contributed by atoms with Crippen molar-refractivity contribution >= 4 is 27.7 Å². The average molecular weight is 419 g/mol. The summed E-state index contributed by atoms with van der Waals surface area (Å²) in [6.45, 7) is 3.39. The minimum atomic E-state index is -0.606. The number of carbonyl (C=O) groups is 2. The lowest BCUT2D eigenvalue weighted by Crippen LogP contribution is -2.25. The van der Waals surface area contributed by atoms with Crippen LogP contribution in [-0.4, -0.2) is 30.6 Å². The summed E-state index contributed by atoms with van der Waals surface area (Å²) >= 11 is 3.30. The molecule has 0 amide bonds. The summed E-state index contributed by atoms with van der Waals surface area (Å²) < 4.78 is 17.3. The van der Waals surface area contributed by atoms with Crippen LogP contribution in [0.25, 0.3) is 0 Å². The van der Waals surface area contributed by atoms with Crippen LogP contribution < -0.4 is 9.47 Å². The molecule has 26 heavy (non-hydrogen) atoms. The average Bonchev–Trinajstić information content (AvgIpc) is 2.92. The fourth-order valence-electron chi connectivity index (χ4n) is 2.74. The van der Waals surface area contributed by atoms with Gasteiger partial charge in [0.2, 0.25) is 0 Å². The van der Waals surface area contributed by atoms with Gasteiger partial charge in [-0.05, 0) is 32.0 Å². The second kappa shape index (κ2) is 7.50. The highest BCUT2D eigenvalue weighted by Gasteiger charge is 2.32. The molecule has 0 atom stereocenters. The van der Waals surface area contributed by atoms with E-state index in [1.54, 1.807) is 30.3 Å². The van der Waals surface area contributed by atoms with E-state index >= 15 is 0 Å². The highest BCUT2D eigenvalue weighted by Crippen LogP contribution is 2.41. The lowest BCUT2D eigenvalue weighted by atomic mass is 10.0. The van der Waals surface area contributed by atoms with Crippen LogP contribution in [0.2, 0.25) is 0 Å². The van der Waals surface area contributed by atoms with Crippen molar-refractivity contribution in [2.24, 2.45) is 0 Å². The van der Waals surface area contributed by atoms with Crippen LogP contribution in [0.4, 0.5) is 0 Å². The first-order valence-corrected chi connectivity index (χ1v) is 9.01. The van der Waals surface area contributed by atoms with Crippen molar-refractivity contribution in [2.75, 3.05) is 13.2 Å². The van der Waals surface area contributed by atoms with Gasteiger partial charge in [-0.25, -0.2) is 4.79 Å². The first-order valence-electron chi connectivity index (χ1n) is 8.22. The molecule has 1 heterocycles. The molecule has 1 aliphatic heterocycles. The van der Waals surface area contributed by atoms with Gasteiger partial charge in [-0.3, -0.25) is 4.79 Å². The number of halogens is 1. The summed E-state index contributed by atoms with van der Waals surface area (Å²) in [5.41, 5.74) is 1.24. The van der Waals surface area contributed by atoms with Gasteiger partial charge in [-0.1, -0.05) is 40.2 Å². The van der Waals surface area contributed by atoms with Crippen LogP contribution in [0.5, 0.6) is 11.5 Å². The highest BCUT2D eigenvalue weighted by molar-refractivity contribution is 9.10. The molecule has 2 aromatic carbocycles. The van der Waals surface area contributed by atoms with Crippen LogP contribution in [0, 0.1) is 0 Å². The molecule has 2 aromatic rings. The zero-order valence-corrected chi connectivity index (χ0v) is 16.2. The van der Waals surface area contributed by atoms with Gasteiger partial charge in [0, 0.05) is 22.0 Å². The molecule has 0 saturated carbocycles. The number of fused-ring (bicyclic) bond motifs is 1. The van der Waals surface area contributed by atoms with Crippen molar-refractivity contribution in [3.05, 3.63) is 58.1 Å². The maximum Gasteiger partial charge on any atom is 0.344 e. The third-order valence-electron chi connectivity index (χ3n) is 3.93. The fourth-order valence-corrected chi connectivity index (χ4v) is 3.01. The Morgan fingerprint density at radius 2 is 1.85 bits per heavy atom. The van der Waals surface area contributed by atoms with Crippen LogP contribution >= 0.6 is 15.9 Å². The molecular formula is C20H19BrO5. The Labute approximate surface area is 160 Å². The molecule has 6 heteroatoms. The Hall–Kier alpha value is -2.34. The van der Waals surface area contributed by atoms with E-state index in [1.165, 1.54) is 0 Å². The van der Waals surface area contributed by atoms with Crippen molar-refractivity contribution in [2.45, 2.75) is 25.9 Å². The number of Topliss-reactive ketones (excluding diaryl/α,β-unsaturated/α-hetero) is 1. The molecule has 0 saturated heterocycles. The summed E-state index contributed by atoms with van der Waals surface area (Å²) in [5.74, 6) is 0.294. The lowest BCUT2D eigenvalue weighted by Gasteiger charge is -2.18. The minimum Gasteiger partial charge on any atom is -0.483 e. The maximum atomic E-state index is 12.0. The quantitative estimate of drug-likeness (QED) is 0.524. The van der Waals surface area contributed by atoms with Gasteiger partial charge in [0.25, 0.3) is 0 Å². The third-order valence-corrected chi connectivity index (χ3v) is 4.46. The van der Waals surface area contributed by atoms with Gasteiger partial charge in [0.1, 0.15) is 5.60 Å². The van der Waals surface area contributed by atoms with Crippen molar-refractivity contribution in [3.8, 4) is 11.5 Å². The zero-order chi connectivity index (χ0) is 18.7. The Kier molecular flexibility index (Phi) is 5.32. The van der Waals surface area contributed by atoms with Gasteiger partial charge >= 0.3 is 5.97 Å². The van der Waals surface area contributed by atoms with E-state index in [1.807, 2.05) is 26.0 Å². The number of esters is 1. The number of ketones is 1. The number of ether oxygens (including phenoxy) is 3. The van der Waals surface area contributed by atoms with E-state index in [9.17, 15) is 9.59 Å². The normalized spacial score (nSPS) is 14.3. The highest BCUT2D eigenvalue weighted by atomic mass is 79.9. The summed E-state index contributed by atoms with van der Waals surface area (Å²) in [6.07, 6.45) is 0.783. The molecular weight excluding hydrogens is 400 g/mol. The number of hydrogen-bond acceptors (Lipinski definition) is 5. The van der Waals surface area contributed by atoms with Crippen molar-refractivity contribution in [1.29, 1.82) is 0 Å². The lowest BCUT2D eigenvalue weighted by molar-refractivity contribution is -0.144. The summed E-state index contributed by atoms with van der Waals surface area (Å²) in [7, 11) is 0. The number of rotatable bonds is 6. The Bertz CT molecular complexity index is 827. The van der Waals surface area contributed by atoms with Crippen molar-refractivity contribution in [3.63, 3.8) is 0 Å². The summed E-state index contributed by atoms with van der Waals surface area (Å²) in [4.78, 5) is 23.9. The molecule has 1 aliphatic rings. The Morgan fingerprint density at radius 3 is 2.58 bits per heavy atom. The molecule has 0 spiro atoms. The van der Waals surface area contributed by atoms with E-state index in [4.69, 9.17) is 14.2 Å². The summed E-state index contributed by atoms with van der Waals surface area (Å²) in [6, 6.07) is 12.4. The number of carbonyl (C=O) groups excluding carboxylic acids is 2. The maximum absolute atomic E-state index is 12.0. The Balaban J connectivity index is 1.52. The summed E-state index contributed by atoms with van der Waals surface area (Å²) in [5, 5.41) is 0. The van der Waals surface area contributed by atoms with Crippen LogP contribution in [0.3, 0.4) is 0 Å². The molecule has 5 nitrogen and oxygen atoms in total. The second-order valence-electron chi connectivity index (χ2n) is 6.66. The molecule has 0 radical (unpaired) electrons. The minimum absolute atomic E-state index is 0.267. The molecule has 0 N–H and O–H groups in total. The topological polar surface area (TPSA) is 61.8 Å². The van der Waals surface area contributed by atoms with Crippen LogP contribution in [0.1, 0.15) is 29.8 Å². The van der Waals surface area contributed by atoms with E-state index in [-0.39, 0.29) is 24.6 Å². The zero-order valence-electron chi connectivity index (χ0n) is 14.6. The molecule has 0 aliphatic carbocycles. The number of para-hydroxylation sites is 1. The monoisotopic (exact) mass is 418 g/mol.